The number of carbonyl (C=O) groups excluding carboxylic acids is 1. The highest BCUT2D eigenvalue weighted by molar-refractivity contribution is 7.14. The number of thiazole rings is 1. The lowest BCUT2D eigenvalue weighted by Crippen LogP contribution is -2.17. The first-order valence-corrected chi connectivity index (χ1v) is 8.47. The molecule has 0 saturated heterocycles. The molecule has 0 bridgehead atoms. The molecule has 0 aliphatic heterocycles. The summed E-state index contributed by atoms with van der Waals surface area (Å²) in [5, 5.41) is 12.7. The van der Waals surface area contributed by atoms with Crippen LogP contribution in [0.4, 0.5) is 5.13 Å². The van der Waals surface area contributed by atoms with Crippen molar-refractivity contribution in [2.24, 2.45) is 0 Å². The Morgan fingerprint density at radius 2 is 2.08 bits per heavy atom. The van der Waals surface area contributed by atoms with Crippen molar-refractivity contribution in [3.05, 3.63) is 59.8 Å². The number of amides is 1. The largest absolute Gasteiger partial charge is 0.296 e. The molecule has 0 atom stereocenters. The molecule has 0 radical (unpaired) electrons. The van der Waals surface area contributed by atoms with Gasteiger partial charge in [0, 0.05) is 23.5 Å². The Balaban J connectivity index is 1.56. The van der Waals surface area contributed by atoms with E-state index >= 15 is 0 Å². The number of aryl methyl sites for hydroxylation is 1. The Bertz CT molecular complexity index is 1060. The van der Waals surface area contributed by atoms with Crippen LogP contribution in [0.15, 0.2) is 48.4 Å². The molecule has 0 fully saturated rings. The maximum absolute atomic E-state index is 12.6. The van der Waals surface area contributed by atoms with E-state index in [1.165, 1.54) is 40.8 Å². The van der Waals surface area contributed by atoms with E-state index in [9.17, 15) is 4.79 Å². The van der Waals surface area contributed by atoms with Crippen LogP contribution in [0.2, 0.25) is 0 Å². The SMILES string of the molecule is Cc1cccc(-c2csc(NC(=O)c3cnnn3-c3cnccn3)n2)n1. The van der Waals surface area contributed by atoms with Crippen LogP contribution in [-0.4, -0.2) is 40.8 Å². The Morgan fingerprint density at radius 3 is 2.88 bits per heavy atom. The molecule has 0 aliphatic rings. The maximum Gasteiger partial charge on any atom is 0.277 e. The predicted molar refractivity (Wildman–Crippen MR) is 95.0 cm³/mol. The Hall–Kier alpha value is -3.53. The average molecular weight is 364 g/mol. The number of carbonyl (C=O) groups is 1. The lowest BCUT2D eigenvalue weighted by molar-refractivity contribution is 0.101. The minimum Gasteiger partial charge on any atom is -0.296 e. The van der Waals surface area contributed by atoms with Crippen molar-refractivity contribution >= 4 is 22.4 Å². The van der Waals surface area contributed by atoms with Gasteiger partial charge >= 0.3 is 0 Å². The van der Waals surface area contributed by atoms with Crippen molar-refractivity contribution in [2.45, 2.75) is 6.92 Å². The second-order valence-electron chi connectivity index (χ2n) is 5.25. The Labute approximate surface area is 151 Å². The average Bonchev–Trinajstić information content (AvgIpc) is 3.32. The standard InChI is InChI=1S/C16H12N8OS/c1-10-3-2-4-11(20-10)12-9-26-16(21-12)22-15(25)13-7-19-23-24(13)14-8-17-5-6-18-14/h2-9H,1H3,(H,21,22,25). The topological polar surface area (TPSA) is 111 Å². The van der Waals surface area contributed by atoms with Crippen LogP contribution in [0, 0.1) is 6.92 Å². The molecule has 0 saturated carbocycles. The van der Waals surface area contributed by atoms with E-state index < -0.39 is 5.91 Å². The fraction of sp³-hybridized carbons (Fsp3) is 0.0625. The van der Waals surface area contributed by atoms with E-state index in [1.54, 1.807) is 0 Å². The monoisotopic (exact) mass is 364 g/mol. The number of aromatic nitrogens is 7. The number of anilines is 1. The smallest absolute Gasteiger partial charge is 0.277 e. The van der Waals surface area contributed by atoms with Gasteiger partial charge in [-0.3, -0.25) is 20.1 Å². The van der Waals surface area contributed by atoms with Gasteiger partial charge in [-0.25, -0.2) is 9.97 Å². The summed E-state index contributed by atoms with van der Waals surface area (Å²) in [6, 6.07) is 5.71. The molecule has 1 N–H and O–H groups in total. The summed E-state index contributed by atoms with van der Waals surface area (Å²) in [4.78, 5) is 29.5. The summed E-state index contributed by atoms with van der Waals surface area (Å²) in [7, 11) is 0. The number of pyridine rings is 1. The molecule has 128 valence electrons. The highest BCUT2D eigenvalue weighted by Crippen LogP contribution is 2.24. The van der Waals surface area contributed by atoms with Gasteiger partial charge in [-0.05, 0) is 19.1 Å². The van der Waals surface area contributed by atoms with Crippen LogP contribution >= 0.6 is 11.3 Å². The van der Waals surface area contributed by atoms with Crippen molar-refractivity contribution in [1.29, 1.82) is 0 Å². The van der Waals surface area contributed by atoms with Gasteiger partial charge < -0.3 is 0 Å². The fourth-order valence-corrected chi connectivity index (χ4v) is 2.95. The molecule has 0 spiro atoms. The molecule has 4 heterocycles. The Kier molecular flexibility index (Phi) is 4.15. The third-order valence-corrected chi connectivity index (χ3v) is 4.18. The van der Waals surface area contributed by atoms with E-state index in [0.29, 0.717) is 16.6 Å². The van der Waals surface area contributed by atoms with Crippen molar-refractivity contribution < 1.29 is 4.79 Å². The van der Waals surface area contributed by atoms with Crippen molar-refractivity contribution in [1.82, 2.24) is 34.9 Å². The second kappa shape index (κ2) is 6.76. The van der Waals surface area contributed by atoms with Crippen LogP contribution in [0.25, 0.3) is 17.2 Å². The normalized spacial score (nSPS) is 10.7. The summed E-state index contributed by atoms with van der Waals surface area (Å²) >= 11 is 1.32. The molecule has 4 aromatic heterocycles. The highest BCUT2D eigenvalue weighted by atomic mass is 32.1. The predicted octanol–water partition coefficient (Wildman–Crippen LogP) is 2.14. The molecule has 4 aromatic rings. The third kappa shape index (κ3) is 3.17. The van der Waals surface area contributed by atoms with Crippen LogP contribution in [0.3, 0.4) is 0 Å². The molecule has 4 rings (SSSR count). The first-order chi connectivity index (χ1) is 12.7. The first kappa shape index (κ1) is 16.0. The van der Waals surface area contributed by atoms with Gasteiger partial charge in [0.2, 0.25) is 0 Å². The van der Waals surface area contributed by atoms with Crippen LogP contribution in [0.1, 0.15) is 16.2 Å². The number of hydrogen-bond donors (Lipinski definition) is 1. The minimum absolute atomic E-state index is 0.232. The van der Waals surface area contributed by atoms with E-state index in [0.717, 1.165) is 11.4 Å². The number of rotatable bonds is 4. The van der Waals surface area contributed by atoms with E-state index in [1.807, 2.05) is 30.5 Å². The van der Waals surface area contributed by atoms with E-state index in [-0.39, 0.29) is 5.69 Å². The Morgan fingerprint density at radius 1 is 1.15 bits per heavy atom. The molecule has 0 aromatic carbocycles. The molecule has 0 unspecified atom stereocenters. The summed E-state index contributed by atoms with van der Waals surface area (Å²) in [6.07, 6.45) is 5.91. The molecule has 26 heavy (non-hydrogen) atoms. The quantitative estimate of drug-likeness (QED) is 0.590. The zero-order valence-electron chi connectivity index (χ0n) is 13.6. The second-order valence-corrected chi connectivity index (χ2v) is 6.11. The molecule has 9 nitrogen and oxygen atoms in total. The minimum atomic E-state index is -0.390. The van der Waals surface area contributed by atoms with Gasteiger partial charge in [0.15, 0.2) is 16.6 Å². The van der Waals surface area contributed by atoms with Gasteiger partial charge in [0.25, 0.3) is 5.91 Å². The zero-order chi connectivity index (χ0) is 17.9. The summed E-state index contributed by atoms with van der Waals surface area (Å²) in [5.41, 5.74) is 2.60. The molecular formula is C16H12N8OS. The first-order valence-electron chi connectivity index (χ1n) is 7.59. The fourth-order valence-electron chi connectivity index (χ4n) is 2.26. The van der Waals surface area contributed by atoms with E-state index in [4.69, 9.17) is 0 Å². The lowest BCUT2D eigenvalue weighted by Gasteiger charge is -2.04. The highest BCUT2D eigenvalue weighted by Gasteiger charge is 2.17. The molecular weight excluding hydrogens is 352 g/mol. The zero-order valence-corrected chi connectivity index (χ0v) is 14.4. The number of nitrogens with one attached hydrogen (secondary N) is 1. The van der Waals surface area contributed by atoms with Gasteiger partial charge in [-0.2, -0.15) is 4.68 Å². The van der Waals surface area contributed by atoms with Gasteiger partial charge in [0.1, 0.15) is 5.69 Å². The maximum atomic E-state index is 12.6. The summed E-state index contributed by atoms with van der Waals surface area (Å²) < 4.78 is 1.32. The van der Waals surface area contributed by atoms with Gasteiger partial charge in [-0.15, -0.1) is 16.4 Å². The number of hydrogen-bond acceptors (Lipinski definition) is 8. The molecule has 0 aliphatic carbocycles. The van der Waals surface area contributed by atoms with Gasteiger partial charge in [-0.1, -0.05) is 11.3 Å². The lowest BCUT2D eigenvalue weighted by atomic mass is 10.3. The van der Waals surface area contributed by atoms with Crippen LogP contribution < -0.4 is 5.32 Å². The summed E-state index contributed by atoms with van der Waals surface area (Å²) in [5.74, 6) is 0.0118. The van der Waals surface area contributed by atoms with E-state index in [2.05, 4.69) is 35.6 Å². The molecule has 10 heteroatoms. The van der Waals surface area contributed by atoms with Gasteiger partial charge in [0.05, 0.1) is 18.1 Å². The third-order valence-electron chi connectivity index (χ3n) is 3.42. The summed E-state index contributed by atoms with van der Waals surface area (Å²) in [6.45, 7) is 1.92. The van der Waals surface area contributed by atoms with Crippen molar-refractivity contribution in [2.75, 3.05) is 5.32 Å². The van der Waals surface area contributed by atoms with Crippen molar-refractivity contribution in [3.63, 3.8) is 0 Å². The van der Waals surface area contributed by atoms with Crippen LogP contribution in [0.5, 0.6) is 0 Å². The number of nitrogens with zero attached hydrogens (tertiary/aromatic N) is 7. The molecule has 1 amide bonds. The van der Waals surface area contributed by atoms with Crippen LogP contribution in [-0.2, 0) is 0 Å². The van der Waals surface area contributed by atoms with Crippen molar-refractivity contribution in [3.8, 4) is 17.2 Å².